The number of hydrogen-bond acceptors (Lipinski definition) is 6. The average molecular weight is 436 g/mol. The summed E-state index contributed by atoms with van der Waals surface area (Å²) in [6.45, 7) is 5.53. The van der Waals surface area contributed by atoms with Gasteiger partial charge in [-0.25, -0.2) is 0 Å². The van der Waals surface area contributed by atoms with Crippen LogP contribution in [0.1, 0.15) is 27.7 Å². The largest absolute Gasteiger partial charge is 0 e. The fourth-order valence-corrected chi connectivity index (χ4v) is 0. The van der Waals surface area contributed by atoms with Crippen LogP contribution in [-0.4, -0.2) is 162 Å². The molecule has 0 atom stereocenters. The third-order valence-electron chi connectivity index (χ3n) is 0.167. The van der Waals surface area contributed by atoms with E-state index in [1.54, 1.807) is 0 Å². The Morgan fingerprint density at radius 3 is 0.652 bits per heavy atom. The van der Waals surface area contributed by atoms with Gasteiger partial charge in [-0.05, 0) is 0 Å². The minimum absolute atomic E-state index is 0. The van der Waals surface area contributed by atoms with Gasteiger partial charge in [-0.2, -0.15) is 0 Å². The van der Waals surface area contributed by atoms with E-state index in [1.165, 1.54) is 0 Å². The molecule has 0 heterocycles. The van der Waals surface area contributed by atoms with Crippen molar-refractivity contribution in [1.29, 1.82) is 0 Å². The molecule has 0 aliphatic rings. The average Bonchev–Trinajstić information content (AvgIpc) is 2.13. The van der Waals surface area contributed by atoms with Crippen LogP contribution in [0.2, 0.25) is 0 Å². The Labute approximate surface area is 217 Å². The predicted octanol–water partition coefficient (Wildman–Crippen LogP) is -2.41. The molecule has 0 amide bonds. The zero-order chi connectivity index (χ0) is 17.7. The Kier molecular flexibility index (Phi) is 107. The van der Waals surface area contributed by atoms with E-state index in [0.29, 0.717) is 13.1 Å². The molecule has 0 aromatic rings. The van der Waals surface area contributed by atoms with Crippen LogP contribution < -0.4 is 11.5 Å². The van der Waals surface area contributed by atoms with Gasteiger partial charge < -0.3 is 31.9 Å². The van der Waals surface area contributed by atoms with Crippen molar-refractivity contribution in [3.05, 3.63) is 0 Å². The van der Waals surface area contributed by atoms with Gasteiger partial charge in [0, 0.05) is 86.3 Å². The van der Waals surface area contributed by atoms with Crippen molar-refractivity contribution in [1.82, 2.24) is 0 Å². The van der Waals surface area contributed by atoms with Crippen molar-refractivity contribution < 1.29 is 39.6 Å². The minimum Gasteiger partial charge on any atom is 0 e. The molecule has 0 spiro atoms. The molecular formula is C10H26N2Na2O8Sr. The second kappa shape index (κ2) is 49.5. The minimum atomic E-state index is -0.833. The topological polar surface area (TPSA) is 201 Å². The zero-order valence-electron chi connectivity index (χ0n) is 12.7. The maximum absolute atomic E-state index is 9.00. The first-order valence-electron chi connectivity index (χ1n) is 5.03. The molecular weight excluding hydrogens is 410 g/mol. The first-order chi connectivity index (χ1) is 8.84. The summed E-state index contributed by atoms with van der Waals surface area (Å²) >= 11 is 0. The molecule has 10 nitrogen and oxygen atoms in total. The molecule has 0 saturated carbocycles. The molecule has 0 aromatic carbocycles. The molecule has 128 valence electrons. The fourth-order valence-electron chi connectivity index (χ4n) is 0. The summed E-state index contributed by atoms with van der Waals surface area (Å²) in [5.74, 6) is -3.33. The van der Waals surface area contributed by atoms with Crippen molar-refractivity contribution in [2.45, 2.75) is 27.7 Å². The van der Waals surface area contributed by atoms with Crippen LogP contribution in [0, 0.1) is 0 Å². The third-order valence-corrected chi connectivity index (χ3v) is 0.167. The summed E-state index contributed by atoms with van der Waals surface area (Å²) in [6.07, 6.45) is 0. The van der Waals surface area contributed by atoms with E-state index in [9.17, 15) is 0 Å². The normalized spacial score (nSPS) is 5.65. The van der Waals surface area contributed by atoms with Crippen LogP contribution in [0.3, 0.4) is 0 Å². The van der Waals surface area contributed by atoms with Gasteiger partial charge in [0.05, 0.1) is 0 Å². The van der Waals surface area contributed by atoms with Gasteiger partial charge in [-0.3, -0.25) is 19.2 Å². The number of carboxylic acid groups (broad SMARTS) is 4. The summed E-state index contributed by atoms with van der Waals surface area (Å²) in [6, 6.07) is 0. The maximum Gasteiger partial charge on any atom is 0 e. The number of nitrogens with two attached hydrogens (primary N) is 2. The molecule has 8 N–H and O–H groups in total. The van der Waals surface area contributed by atoms with E-state index < -0.39 is 23.9 Å². The molecule has 0 unspecified atom stereocenters. The number of rotatable bonds is 1. The maximum atomic E-state index is 9.00. The van der Waals surface area contributed by atoms with E-state index in [4.69, 9.17) is 51.1 Å². The summed E-state index contributed by atoms with van der Waals surface area (Å²) in [7, 11) is 0. The number of hydrogen-bond donors (Lipinski definition) is 6. The third kappa shape index (κ3) is 2030. The number of aliphatic carboxylic acids is 4. The second-order valence-corrected chi connectivity index (χ2v) is 2.65. The van der Waals surface area contributed by atoms with Gasteiger partial charge in [-0.15, -0.1) is 0 Å². The summed E-state index contributed by atoms with van der Waals surface area (Å²) in [5, 5.41) is 29.7. The van der Waals surface area contributed by atoms with Crippen LogP contribution in [0.25, 0.3) is 0 Å². The zero-order valence-corrected chi connectivity index (χ0v) is 16.2. The monoisotopic (exact) mass is 436 g/mol. The van der Waals surface area contributed by atoms with Gasteiger partial charge in [0.25, 0.3) is 23.9 Å². The van der Waals surface area contributed by atoms with Gasteiger partial charge >= 0.3 is 59.1 Å². The van der Waals surface area contributed by atoms with Crippen LogP contribution >= 0.6 is 0 Å². The number of carbonyl (C=O) groups is 4. The predicted molar refractivity (Wildman–Crippen MR) is 91.4 cm³/mol. The van der Waals surface area contributed by atoms with Crippen molar-refractivity contribution >= 4 is 128 Å². The van der Waals surface area contributed by atoms with Gasteiger partial charge in [0.1, 0.15) is 0 Å². The molecule has 13 heteroatoms. The Bertz CT molecular complexity index is 205. The van der Waals surface area contributed by atoms with Gasteiger partial charge in [0.2, 0.25) is 0 Å². The first kappa shape index (κ1) is 49.6. The van der Waals surface area contributed by atoms with Crippen molar-refractivity contribution in [2.75, 3.05) is 13.1 Å². The van der Waals surface area contributed by atoms with Crippen LogP contribution in [-0.2, 0) is 19.2 Å². The van der Waals surface area contributed by atoms with E-state index in [2.05, 4.69) is 0 Å². The molecule has 0 saturated heterocycles. The Morgan fingerprint density at radius 2 is 0.652 bits per heavy atom. The summed E-state index contributed by atoms with van der Waals surface area (Å²) in [5.41, 5.74) is 9.81. The fraction of sp³-hybridized carbons (Fsp3) is 0.600. The smallest absolute Gasteiger partial charge is 0 e. The van der Waals surface area contributed by atoms with Gasteiger partial charge in [0.15, 0.2) is 0 Å². The summed E-state index contributed by atoms with van der Waals surface area (Å²) < 4.78 is 0. The van der Waals surface area contributed by atoms with Crippen LogP contribution in [0.4, 0.5) is 0 Å². The molecule has 0 aliphatic carbocycles. The quantitative estimate of drug-likeness (QED) is 0.241. The van der Waals surface area contributed by atoms with Crippen molar-refractivity contribution in [3.8, 4) is 0 Å². The van der Waals surface area contributed by atoms with Crippen molar-refractivity contribution in [2.24, 2.45) is 11.5 Å². The summed E-state index contributed by atoms with van der Waals surface area (Å²) in [4.78, 5) is 36.0. The van der Waals surface area contributed by atoms with Crippen LogP contribution in [0.5, 0.6) is 0 Å². The standard InChI is InChI=1S/C2H8N2.4C2H4O2.2Na.Sr.2H/c3-1-2-4;4*1-2(3)4;;;;;/h1-4H2;4*1H3,(H,3,4);;;;;. The Balaban J connectivity index is -0.0000000197. The molecule has 23 heavy (non-hydrogen) atoms. The van der Waals surface area contributed by atoms with E-state index in [-0.39, 0.29) is 105 Å². The van der Waals surface area contributed by atoms with E-state index >= 15 is 0 Å². The second-order valence-electron chi connectivity index (χ2n) is 2.65. The number of carboxylic acids is 4. The molecule has 0 aromatic heterocycles. The molecule has 0 aliphatic heterocycles. The Hall–Kier alpha value is 1.28. The first-order valence-corrected chi connectivity index (χ1v) is 5.03. The van der Waals surface area contributed by atoms with Crippen molar-refractivity contribution in [3.63, 3.8) is 0 Å². The van der Waals surface area contributed by atoms with Crippen LogP contribution in [0.15, 0.2) is 0 Å². The Morgan fingerprint density at radius 1 is 0.609 bits per heavy atom. The SMILES string of the molecule is CC(=O)O.CC(=O)O.CC(=O)O.CC(=O)O.NCCN.[NaH].[NaH].[Sr]. The molecule has 0 fully saturated rings. The molecule has 0 bridgehead atoms. The molecule has 2 radical (unpaired) electrons. The van der Waals surface area contributed by atoms with E-state index in [0.717, 1.165) is 27.7 Å². The van der Waals surface area contributed by atoms with E-state index in [1.807, 2.05) is 0 Å². The van der Waals surface area contributed by atoms with Gasteiger partial charge in [-0.1, -0.05) is 0 Å². The molecule has 0 rings (SSSR count).